The molecule has 5 amide bonds. The van der Waals surface area contributed by atoms with Gasteiger partial charge >= 0.3 is 17.8 Å². The van der Waals surface area contributed by atoms with Crippen LogP contribution in [-0.4, -0.2) is 78.7 Å². The van der Waals surface area contributed by atoms with Crippen molar-refractivity contribution in [3.8, 4) is 0 Å². The normalized spacial score (nSPS) is 15.0. The number of rotatable bonds is 7. The van der Waals surface area contributed by atoms with Gasteiger partial charge in [0, 0.05) is 26.7 Å². The van der Waals surface area contributed by atoms with Crippen molar-refractivity contribution in [2.75, 3.05) is 40.3 Å². The van der Waals surface area contributed by atoms with Crippen LogP contribution >= 0.6 is 0 Å². The van der Waals surface area contributed by atoms with E-state index in [4.69, 9.17) is 0 Å². The van der Waals surface area contributed by atoms with Crippen LogP contribution in [0, 0.1) is 0 Å². The van der Waals surface area contributed by atoms with Crippen molar-refractivity contribution in [2.45, 2.75) is 0 Å². The highest BCUT2D eigenvalue weighted by molar-refractivity contribution is 6.45. The van der Waals surface area contributed by atoms with Gasteiger partial charge in [-0.3, -0.25) is 19.3 Å². The summed E-state index contributed by atoms with van der Waals surface area (Å²) in [5, 5.41) is 2.88. The van der Waals surface area contributed by atoms with Crippen LogP contribution in [0.3, 0.4) is 0 Å². The Morgan fingerprint density at radius 3 is 2.45 bits per heavy atom. The zero-order valence-electron chi connectivity index (χ0n) is 11.6. The van der Waals surface area contributed by atoms with E-state index >= 15 is 0 Å². The molecule has 0 unspecified atom stereocenters. The van der Waals surface area contributed by atoms with E-state index in [1.807, 2.05) is 0 Å². The quantitative estimate of drug-likeness (QED) is 0.354. The van der Waals surface area contributed by atoms with Crippen LogP contribution in [0.2, 0.25) is 0 Å². The lowest BCUT2D eigenvalue weighted by Gasteiger charge is -2.20. The summed E-state index contributed by atoms with van der Waals surface area (Å²) in [6.45, 7) is 3.95. The topological polar surface area (TPSA) is 90.0 Å². The van der Waals surface area contributed by atoms with Gasteiger partial charge in [0.15, 0.2) is 0 Å². The second-order valence-corrected chi connectivity index (χ2v) is 4.30. The Labute approximate surface area is 117 Å². The van der Waals surface area contributed by atoms with Gasteiger partial charge in [0.2, 0.25) is 5.91 Å². The van der Waals surface area contributed by atoms with Crippen LogP contribution in [0.15, 0.2) is 12.7 Å². The molecule has 1 aliphatic heterocycles. The first-order valence-corrected chi connectivity index (χ1v) is 6.10. The van der Waals surface area contributed by atoms with Crippen LogP contribution in [-0.2, 0) is 14.4 Å². The van der Waals surface area contributed by atoms with E-state index < -0.39 is 30.3 Å². The average Bonchev–Trinajstić information content (AvgIpc) is 2.62. The number of nitrogens with zero attached hydrogens (tertiary/aromatic N) is 3. The smallest absolute Gasteiger partial charge is 0.335 e. The van der Waals surface area contributed by atoms with Crippen molar-refractivity contribution in [3.05, 3.63) is 12.7 Å². The minimum atomic E-state index is -0.979. The number of imide groups is 2. The summed E-state index contributed by atoms with van der Waals surface area (Å²) in [6.07, 6.45) is 1.34. The number of carbonyl (C=O) groups excluding carboxylic acids is 4. The Bertz CT molecular complexity index is 449. The van der Waals surface area contributed by atoms with Crippen molar-refractivity contribution >= 4 is 23.8 Å². The first-order chi connectivity index (χ1) is 9.43. The van der Waals surface area contributed by atoms with Crippen LogP contribution in [0.5, 0.6) is 0 Å². The lowest BCUT2D eigenvalue weighted by Crippen LogP contribution is -2.43. The maximum atomic E-state index is 11.9. The number of likely N-dealkylation sites (N-methyl/N-ethyl adjacent to an activating group) is 2. The number of carbonyl (C=O) groups is 4. The number of amides is 5. The summed E-state index contributed by atoms with van der Waals surface area (Å²) in [6, 6.07) is -0.782. The Morgan fingerprint density at radius 2 is 1.90 bits per heavy atom. The summed E-state index contributed by atoms with van der Waals surface area (Å²) in [5.74, 6) is -2.32. The second kappa shape index (κ2) is 6.80. The van der Waals surface area contributed by atoms with E-state index in [1.54, 1.807) is 14.1 Å². The predicted octanol–water partition coefficient (Wildman–Crippen LogP) is -1.36. The standard InChI is InChI=1S/C12H18N4O4/c1-4-6-15-10(18)11(19)16(12(15)20)8-9(17)14(3)7-5-13-2/h4,13H,1,5-8H2,2-3H3. The summed E-state index contributed by atoms with van der Waals surface area (Å²) in [5.41, 5.74) is 0. The molecular weight excluding hydrogens is 264 g/mol. The molecule has 0 aromatic heterocycles. The predicted molar refractivity (Wildman–Crippen MR) is 70.6 cm³/mol. The molecule has 0 radical (unpaired) electrons. The first-order valence-electron chi connectivity index (χ1n) is 6.10. The minimum absolute atomic E-state index is 0.0519. The fourth-order valence-electron chi connectivity index (χ4n) is 1.64. The van der Waals surface area contributed by atoms with Crippen molar-refractivity contribution in [1.29, 1.82) is 0 Å². The molecule has 0 aliphatic carbocycles. The molecule has 20 heavy (non-hydrogen) atoms. The molecule has 0 aromatic carbocycles. The van der Waals surface area contributed by atoms with Crippen molar-refractivity contribution in [3.63, 3.8) is 0 Å². The van der Waals surface area contributed by atoms with E-state index in [-0.39, 0.29) is 6.54 Å². The van der Waals surface area contributed by atoms with Gasteiger partial charge < -0.3 is 10.2 Å². The molecule has 110 valence electrons. The lowest BCUT2D eigenvalue weighted by atomic mass is 10.4. The molecule has 8 heteroatoms. The SMILES string of the molecule is C=CCN1C(=O)C(=O)N(CC(=O)N(C)CCNC)C1=O. The Kier molecular flexibility index (Phi) is 5.39. The lowest BCUT2D eigenvalue weighted by molar-refractivity contribution is -0.144. The van der Waals surface area contributed by atoms with Gasteiger partial charge in [-0.1, -0.05) is 6.08 Å². The highest BCUT2D eigenvalue weighted by Crippen LogP contribution is 2.11. The van der Waals surface area contributed by atoms with E-state index in [0.29, 0.717) is 18.0 Å². The summed E-state index contributed by atoms with van der Waals surface area (Å²) in [4.78, 5) is 49.8. The number of nitrogens with one attached hydrogen (secondary N) is 1. The maximum absolute atomic E-state index is 11.9. The van der Waals surface area contributed by atoms with Gasteiger partial charge in [-0.15, -0.1) is 6.58 Å². The number of hydrogen-bond acceptors (Lipinski definition) is 5. The zero-order chi connectivity index (χ0) is 15.3. The number of hydrogen-bond donors (Lipinski definition) is 1. The molecular formula is C12H18N4O4. The summed E-state index contributed by atoms with van der Waals surface area (Å²) < 4.78 is 0. The third kappa shape index (κ3) is 3.21. The van der Waals surface area contributed by atoms with E-state index in [9.17, 15) is 19.2 Å². The fraction of sp³-hybridized carbons (Fsp3) is 0.500. The minimum Gasteiger partial charge on any atom is -0.343 e. The summed E-state index contributed by atoms with van der Waals surface area (Å²) >= 11 is 0. The van der Waals surface area contributed by atoms with Crippen LogP contribution in [0.4, 0.5) is 4.79 Å². The molecule has 0 atom stereocenters. The van der Waals surface area contributed by atoms with Crippen LogP contribution in [0.1, 0.15) is 0 Å². The maximum Gasteiger partial charge on any atom is 0.335 e. The fourth-order valence-corrected chi connectivity index (χ4v) is 1.64. The first kappa shape index (κ1) is 15.8. The van der Waals surface area contributed by atoms with Crippen LogP contribution < -0.4 is 5.32 Å². The Balaban J connectivity index is 2.70. The molecule has 0 bridgehead atoms. The average molecular weight is 282 g/mol. The van der Waals surface area contributed by atoms with Crippen molar-refractivity contribution in [1.82, 2.24) is 20.0 Å². The molecule has 1 rings (SSSR count). The van der Waals surface area contributed by atoms with Gasteiger partial charge in [0.25, 0.3) is 0 Å². The summed E-state index contributed by atoms with van der Waals surface area (Å²) in [7, 11) is 3.31. The highest BCUT2D eigenvalue weighted by Gasteiger charge is 2.44. The van der Waals surface area contributed by atoms with Gasteiger partial charge in [-0.05, 0) is 7.05 Å². The van der Waals surface area contributed by atoms with Gasteiger partial charge in [0.1, 0.15) is 6.54 Å². The number of urea groups is 1. The van der Waals surface area contributed by atoms with Crippen molar-refractivity contribution in [2.24, 2.45) is 0 Å². The van der Waals surface area contributed by atoms with Gasteiger partial charge in [-0.25, -0.2) is 9.69 Å². The molecule has 8 nitrogen and oxygen atoms in total. The molecule has 1 saturated heterocycles. The Hall–Kier alpha value is -2.22. The van der Waals surface area contributed by atoms with Crippen molar-refractivity contribution < 1.29 is 19.2 Å². The molecule has 0 saturated carbocycles. The second-order valence-electron chi connectivity index (χ2n) is 4.30. The third-order valence-electron chi connectivity index (χ3n) is 2.86. The Morgan fingerprint density at radius 1 is 1.30 bits per heavy atom. The van der Waals surface area contributed by atoms with E-state index in [1.165, 1.54) is 11.0 Å². The van der Waals surface area contributed by atoms with Crippen LogP contribution in [0.25, 0.3) is 0 Å². The molecule has 1 heterocycles. The van der Waals surface area contributed by atoms with E-state index in [2.05, 4.69) is 11.9 Å². The zero-order valence-corrected chi connectivity index (χ0v) is 11.6. The molecule has 1 N–H and O–H groups in total. The monoisotopic (exact) mass is 282 g/mol. The molecule has 0 spiro atoms. The molecule has 0 aromatic rings. The van der Waals surface area contributed by atoms with E-state index in [0.717, 1.165) is 4.90 Å². The molecule has 1 aliphatic rings. The molecule has 1 fully saturated rings. The third-order valence-corrected chi connectivity index (χ3v) is 2.86. The largest absolute Gasteiger partial charge is 0.343 e. The van der Waals surface area contributed by atoms with Gasteiger partial charge in [0.05, 0.1) is 0 Å². The van der Waals surface area contributed by atoms with Gasteiger partial charge in [-0.2, -0.15) is 0 Å². The highest BCUT2D eigenvalue weighted by atomic mass is 16.2.